The second-order valence-electron chi connectivity index (χ2n) is 3.43. The molecule has 1 rings (SSSR count). The zero-order valence-electron chi connectivity index (χ0n) is 9.74. The zero-order valence-corrected chi connectivity index (χ0v) is 9.74. The Hall–Kier alpha value is -1.67. The smallest absolute Gasteiger partial charge is 0.0705 e. The number of hydrogen-bond donors (Lipinski definition) is 1. The zero-order chi connectivity index (χ0) is 11.8. The molecule has 2 nitrogen and oxygen atoms in total. The molecule has 0 aliphatic carbocycles. The van der Waals surface area contributed by atoms with Gasteiger partial charge in [0, 0.05) is 18.7 Å². The van der Waals surface area contributed by atoms with Crippen molar-refractivity contribution in [2.45, 2.75) is 6.42 Å². The molecule has 0 radical (unpaired) electrons. The summed E-state index contributed by atoms with van der Waals surface area (Å²) in [7, 11) is 1.94. The van der Waals surface area contributed by atoms with Crippen LogP contribution in [-0.4, -0.2) is 18.6 Å². The molecule has 0 atom stereocenters. The molecule has 0 unspecified atom stereocenters. The summed E-state index contributed by atoms with van der Waals surface area (Å²) in [6, 6.07) is 6.04. The van der Waals surface area contributed by atoms with Crippen LogP contribution in [-0.2, 0) is 6.42 Å². The lowest BCUT2D eigenvalue weighted by molar-refractivity contribution is 0.775. The van der Waals surface area contributed by atoms with Crippen LogP contribution in [0.4, 0.5) is 0 Å². The number of rotatable bonds is 6. The van der Waals surface area contributed by atoms with Crippen LogP contribution in [0.3, 0.4) is 0 Å². The number of likely N-dealkylation sites (N-methyl/N-ethyl adjacent to an activating group) is 1. The van der Waals surface area contributed by atoms with E-state index in [2.05, 4.69) is 23.5 Å². The Balaban J connectivity index is 2.92. The van der Waals surface area contributed by atoms with E-state index in [0.717, 1.165) is 29.9 Å². The maximum atomic E-state index is 4.57. The highest BCUT2D eigenvalue weighted by molar-refractivity contribution is 5.72. The standard InChI is InChI=1S/C14H18N2/c1-4-7-12(5-2)14-9-6-8-13(16-14)10-11-15-3/h4-9,15H,1-2,10-11H2,3H3/b12-7+. The first-order valence-electron chi connectivity index (χ1n) is 5.38. The highest BCUT2D eigenvalue weighted by Crippen LogP contribution is 2.13. The Morgan fingerprint density at radius 3 is 2.88 bits per heavy atom. The first kappa shape index (κ1) is 12.4. The van der Waals surface area contributed by atoms with Crippen molar-refractivity contribution >= 4 is 5.57 Å². The second kappa shape index (κ2) is 6.75. The van der Waals surface area contributed by atoms with Gasteiger partial charge in [0.15, 0.2) is 0 Å². The van der Waals surface area contributed by atoms with E-state index in [4.69, 9.17) is 0 Å². The van der Waals surface area contributed by atoms with Gasteiger partial charge in [-0.1, -0.05) is 37.5 Å². The van der Waals surface area contributed by atoms with E-state index in [1.54, 1.807) is 12.2 Å². The molecule has 1 aromatic heterocycles. The van der Waals surface area contributed by atoms with E-state index in [9.17, 15) is 0 Å². The van der Waals surface area contributed by atoms with Gasteiger partial charge < -0.3 is 5.32 Å². The largest absolute Gasteiger partial charge is 0.319 e. The van der Waals surface area contributed by atoms with Gasteiger partial charge in [0.2, 0.25) is 0 Å². The number of nitrogens with zero attached hydrogens (tertiary/aromatic N) is 1. The molecular weight excluding hydrogens is 196 g/mol. The van der Waals surface area contributed by atoms with Gasteiger partial charge in [0.05, 0.1) is 5.69 Å². The van der Waals surface area contributed by atoms with Gasteiger partial charge in [-0.3, -0.25) is 4.98 Å². The van der Waals surface area contributed by atoms with Gasteiger partial charge in [-0.15, -0.1) is 0 Å². The van der Waals surface area contributed by atoms with Crippen molar-refractivity contribution in [3.8, 4) is 0 Å². The van der Waals surface area contributed by atoms with Crippen LogP contribution in [0.15, 0.2) is 49.6 Å². The van der Waals surface area contributed by atoms with E-state index in [0.29, 0.717) is 0 Å². The van der Waals surface area contributed by atoms with Crippen LogP contribution >= 0.6 is 0 Å². The molecule has 0 aliphatic rings. The van der Waals surface area contributed by atoms with Crippen LogP contribution < -0.4 is 5.32 Å². The van der Waals surface area contributed by atoms with E-state index in [1.165, 1.54) is 0 Å². The minimum Gasteiger partial charge on any atom is -0.319 e. The predicted molar refractivity (Wildman–Crippen MR) is 70.2 cm³/mol. The molecule has 0 fully saturated rings. The van der Waals surface area contributed by atoms with Crippen molar-refractivity contribution in [2.75, 3.05) is 13.6 Å². The van der Waals surface area contributed by atoms with Gasteiger partial charge in [-0.2, -0.15) is 0 Å². The fourth-order valence-corrected chi connectivity index (χ4v) is 1.42. The first-order valence-corrected chi connectivity index (χ1v) is 5.38. The molecule has 2 heteroatoms. The third-order valence-electron chi connectivity index (χ3n) is 2.25. The van der Waals surface area contributed by atoms with Crippen LogP contribution in [0, 0.1) is 0 Å². The molecule has 1 aromatic rings. The number of aromatic nitrogens is 1. The Morgan fingerprint density at radius 1 is 1.44 bits per heavy atom. The molecule has 0 saturated heterocycles. The lowest BCUT2D eigenvalue weighted by Gasteiger charge is -2.04. The number of allylic oxidation sites excluding steroid dienone is 4. The molecule has 0 spiro atoms. The lowest BCUT2D eigenvalue weighted by Crippen LogP contribution is -2.11. The normalized spacial score (nSPS) is 11.2. The number of hydrogen-bond acceptors (Lipinski definition) is 2. The summed E-state index contributed by atoms with van der Waals surface area (Å²) in [5.74, 6) is 0. The van der Waals surface area contributed by atoms with Crippen molar-refractivity contribution < 1.29 is 0 Å². The fraction of sp³-hybridized carbons (Fsp3) is 0.214. The molecule has 0 bridgehead atoms. The quantitative estimate of drug-likeness (QED) is 0.736. The van der Waals surface area contributed by atoms with E-state index in [-0.39, 0.29) is 0 Å². The summed E-state index contributed by atoms with van der Waals surface area (Å²) in [4.78, 5) is 4.57. The molecule has 0 saturated carbocycles. The summed E-state index contributed by atoms with van der Waals surface area (Å²) in [5.41, 5.74) is 3.04. The molecule has 0 aromatic carbocycles. The summed E-state index contributed by atoms with van der Waals surface area (Å²) >= 11 is 0. The van der Waals surface area contributed by atoms with Crippen molar-refractivity contribution in [3.05, 3.63) is 61.0 Å². The number of pyridine rings is 1. The first-order chi connectivity index (χ1) is 7.81. The van der Waals surface area contributed by atoms with Crippen LogP contribution in [0.2, 0.25) is 0 Å². The van der Waals surface area contributed by atoms with Crippen molar-refractivity contribution in [2.24, 2.45) is 0 Å². The molecule has 1 N–H and O–H groups in total. The minimum absolute atomic E-state index is 0.933. The highest BCUT2D eigenvalue weighted by atomic mass is 14.8. The summed E-state index contributed by atoms with van der Waals surface area (Å²) < 4.78 is 0. The summed E-state index contributed by atoms with van der Waals surface area (Å²) in [6.07, 6.45) is 6.39. The second-order valence-corrected chi connectivity index (χ2v) is 3.43. The molecule has 84 valence electrons. The monoisotopic (exact) mass is 214 g/mol. The Kier molecular flexibility index (Phi) is 5.23. The van der Waals surface area contributed by atoms with Gasteiger partial charge in [0.1, 0.15) is 0 Å². The average molecular weight is 214 g/mol. The third-order valence-corrected chi connectivity index (χ3v) is 2.25. The van der Waals surface area contributed by atoms with Gasteiger partial charge in [-0.25, -0.2) is 0 Å². The van der Waals surface area contributed by atoms with Crippen molar-refractivity contribution in [1.29, 1.82) is 0 Å². The summed E-state index contributed by atoms with van der Waals surface area (Å²) in [5, 5.41) is 3.11. The van der Waals surface area contributed by atoms with Crippen molar-refractivity contribution in [1.82, 2.24) is 10.3 Å². The van der Waals surface area contributed by atoms with E-state index in [1.807, 2.05) is 31.3 Å². The van der Waals surface area contributed by atoms with Gasteiger partial charge in [-0.05, 0) is 24.8 Å². The van der Waals surface area contributed by atoms with E-state index < -0.39 is 0 Å². The third kappa shape index (κ3) is 3.48. The van der Waals surface area contributed by atoms with Gasteiger partial charge in [0.25, 0.3) is 0 Å². The molecule has 16 heavy (non-hydrogen) atoms. The number of nitrogens with one attached hydrogen (secondary N) is 1. The Labute approximate surface area is 97.4 Å². The molecular formula is C14H18N2. The van der Waals surface area contributed by atoms with Crippen LogP contribution in [0.1, 0.15) is 11.4 Å². The minimum atomic E-state index is 0.933. The lowest BCUT2D eigenvalue weighted by atomic mass is 10.1. The fourth-order valence-electron chi connectivity index (χ4n) is 1.42. The molecule has 0 amide bonds. The average Bonchev–Trinajstić information content (AvgIpc) is 2.33. The van der Waals surface area contributed by atoms with Gasteiger partial charge >= 0.3 is 0 Å². The molecule has 1 heterocycles. The van der Waals surface area contributed by atoms with Crippen LogP contribution in [0.5, 0.6) is 0 Å². The topological polar surface area (TPSA) is 24.9 Å². The summed E-state index contributed by atoms with van der Waals surface area (Å²) in [6.45, 7) is 8.40. The highest BCUT2D eigenvalue weighted by Gasteiger charge is 2.00. The maximum absolute atomic E-state index is 4.57. The SMILES string of the molecule is C=C/C=C(\C=C)c1cccc(CCNC)n1. The predicted octanol–water partition coefficient (Wildman–Crippen LogP) is 2.60. The molecule has 0 aliphatic heterocycles. The van der Waals surface area contributed by atoms with Crippen LogP contribution in [0.25, 0.3) is 5.57 Å². The Bertz CT molecular complexity index is 391. The maximum Gasteiger partial charge on any atom is 0.0705 e. The van der Waals surface area contributed by atoms with Crippen molar-refractivity contribution in [3.63, 3.8) is 0 Å². The Morgan fingerprint density at radius 2 is 2.25 bits per heavy atom. The van der Waals surface area contributed by atoms with E-state index >= 15 is 0 Å².